The first-order valence-corrected chi connectivity index (χ1v) is 9.50. The molecule has 5 nitrogen and oxygen atoms in total. The van der Waals surface area contributed by atoms with E-state index in [0.717, 1.165) is 4.88 Å². The Hall–Kier alpha value is 0.01000. The van der Waals surface area contributed by atoms with Crippen LogP contribution in [0.15, 0.2) is 14.7 Å². The van der Waals surface area contributed by atoms with E-state index in [1.54, 1.807) is 6.07 Å². The lowest BCUT2D eigenvalue weighted by Gasteiger charge is -2.33. The predicted molar refractivity (Wildman–Crippen MR) is 83.6 cm³/mol. The largest absolute Gasteiger partial charge is 0.381 e. The second-order valence-corrected chi connectivity index (χ2v) is 9.27. The molecule has 8 heteroatoms. The highest BCUT2D eigenvalue weighted by molar-refractivity contribution is 9.11. The molecule has 2 rings (SSSR count). The molecule has 1 aromatic rings. The van der Waals surface area contributed by atoms with E-state index in [0.29, 0.717) is 41.3 Å². The third-order valence-corrected chi connectivity index (χ3v) is 7.21. The minimum absolute atomic E-state index is 0.320. The quantitative estimate of drug-likeness (QED) is 0.817. The number of nitrogens with one attached hydrogen (secondary N) is 2. The summed E-state index contributed by atoms with van der Waals surface area (Å²) in [5, 5.41) is 3.02. The van der Waals surface area contributed by atoms with Crippen molar-refractivity contribution in [2.45, 2.75) is 36.7 Å². The number of sulfonamides is 1. The van der Waals surface area contributed by atoms with E-state index in [9.17, 15) is 8.42 Å². The summed E-state index contributed by atoms with van der Waals surface area (Å²) in [4.78, 5) is 1.30. The van der Waals surface area contributed by atoms with Crippen molar-refractivity contribution in [2.75, 3.05) is 20.3 Å². The van der Waals surface area contributed by atoms with Crippen molar-refractivity contribution < 1.29 is 13.2 Å². The number of hydrogen-bond donors (Lipinski definition) is 2. The van der Waals surface area contributed by atoms with Gasteiger partial charge in [-0.1, -0.05) is 0 Å². The summed E-state index contributed by atoms with van der Waals surface area (Å²) >= 11 is 4.79. The van der Waals surface area contributed by atoms with Gasteiger partial charge in [-0.3, -0.25) is 0 Å². The Morgan fingerprint density at radius 3 is 2.70 bits per heavy atom. The maximum absolute atomic E-state index is 12.5. The fourth-order valence-corrected chi connectivity index (χ4v) is 6.31. The van der Waals surface area contributed by atoms with Gasteiger partial charge in [0.15, 0.2) is 0 Å². The van der Waals surface area contributed by atoms with Gasteiger partial charge < -0.3 is 10.1 Å². The van der Waals surface area contributed by atoms with Crippen molar-refractivity contribution in [1.29, 1.82) is 0 Å². The number of rotatable bonds is 5. The first kappa shape index (κ1) is 16.4. The van der Waals surface area contributed by atoms with Gasteiger partial charge in [0.25, 0.3) is 0 Å². The van der Waals surface area contributed by atoms with Crippen molar-refractivity contribution >= 4 is 37.3 Å². The van der Waals surface area contributed by atoms with Gasteiger partial charge in [0.1, 0.15) is 4.90 Å². The Balaban J connectivity index is 2.21. The van der Waals surface area contributed by atoms with Crippen LogP contribution in [-0.2, 0) is 21.3 Å². The number of halogens is 1. The highest BCUT2D eigenvalue weighted by atomic mass is 79.9. The summed E-state index contributed by atoms with van der Waals surface area (Å²) in [6.07, 6.45) is 1.38. The van der Waals surface area contributed by atoms with E-state index in [1.807, 2.05) is 14.0 Å². The monoisotopic (exact) mass is 382 g/mol. The third kappa shape index (κ3) is 3.80. The molecule has 1 fully saturated rings. The summed E-state index contributed by atoms with van der Waals surface area (Å²) in [6, 6.07) is 1.72. The minimum atomic E-state index is -3.52. The second kappa shape index (κ2) is 6.41. The fourth-order valence-electron chi connectivity index (χ4n) is 2.15. The van der Waals surface area contributed by atoms with Crippen LogP contribution in [0.25, 0.3) is 0 Å². The van der Waals surface area contributed by atoms with Gasteiger partial charge in [0.2, 0.25) is 10.0 Å². The number of hydrogen-bond acceptors (Lipinski definition) is 5. The van der Waals surface area contributed by atoms with Gasteiger partial charge in [-0.25, -0.2) is 13.1 Å². The average Bonchev–Trinajstić information content (AvgIpc) is 2.71. The van der Waals surface area contributed by atoms with E-state index < -0.39 is 15.6 Å². The first-order valence-electron chi connectivity index (χ1n) is 6.41. The minimum Gasteiger partial charge on any atom is -0.381 e. The Labute approximate surface area is 132 Å². The van der Waals surface area contributed by atoms with Gasteiger partial charge in [0, 0.05) is 30.2 Å². The molecule has 0 aliphatic carbocycles. The average molecular weight is 383 g/mol. The van der Waals surface area contributed by atoms with Gasteiger partial charge in [-0.05, 0) is 48.8 Å². The van der Waals surface area contributed by atoms with E-state index in [1.165, 1.54) is 11.3 Å². The van der Waals surface area contributed by atoms with Crippen LogP contribution in [0, 0.1) is 0 Å². The molecule has 0 atom stereocenters. The molecule has 1 aliphatic heterocycles. The van der Waals surface area contributed by atoms with Gasteiger partial charge in [-0.15, -0.1) is 11.3 Å². The summed E-state index contributed by atoms with van der Waals surface area (Å²) < 4.78 is 33.9. The van der Waals surface area contributed by atoms with E-state index >= 15 is 0 Å². The molecule has 2 heterocycles. The van der Waals surface area contributed by atoms with Crippen LogP contribution in [0.5, 0.6) is 0 Å². The second-order valence-electron chi connectivity index (χ2n) is 5.16. The van der Waals surface area contributed by atoms with Crippen molar-refractivity contribution in [3.63, 3.8) is 0 Å². The molecule has 0 unspecified atom stereocenters. The van der Waals surface area contributed by atoms with Crippen molar-refractivity contribution in [2.24, 2.45) is 0 Å². The molecule has 0 saturated carbocycles. The topological polar surface area (TPSA) is 67.4 Å². The summed E-state index contributed by atoms with van der Waals surface area (Å²) in [6.45, 7) is 3.77. The zero-order chi connectivity index (χ0) is 14.8. The van der Waals surface area contributed by atoms with E-state index in [-0.39, 0.29) is 0 Å². The molecular weight excluding hydrogens is 364 g/mol. The van der Waals surface area contributed by atoms with Crippen molar-refractivity contribution in [1.82, 2.24) is 10.0 Å². The molecule has 1 aromatic heterocycles. The molecule has 1 saturated heterocycles. The molecule has 0 radical (unpaired) electrons. The predicted octanol–water partition coefficient (Wildman–Crippen LogP) is 2.08. The Morgan fingerprint density at radius 1 is 1.45 bits per heavy atom. The maximum atomic E-state index is 12.5. The van der Waals surface area contributed by atoms with Crippen LogP contribution in [0.1, 0.15) is 24.6 Å². The zero-order valence-corrected chi connectivity index (χ0v) is 14.8. The van der Waals surface area contributed by atoms with Gasteiger partial charge >= 0.3 is 0 Å². The Morgan fingerprint density at radius 2 is 2.10 bits per heavy atom. The lowest BCUT2D eigenvalue weighted by molar-refractivity contribution is 0.0537. The molecule has 2 N–H and O–H groups in total. The van der Waals surface area contributed by atoms with E-state index in [4.69, 9.17) is 4.74 Å². The lowest BCUT2D eigenvalue weighted by Crippen LogP contribution is -2.49. The maximum Gasteiger partial charge on any atom is 0.243 e. The number of ether oxygens (including phenoxy) is 1. The van der Waals surface area contributed by atoms with Crippen LogP contribution in [-0.4, -0.2) is 34.2 Å². The molecule has 0 amide bonds. The van der Waals surface area contributed by atoms with Crippen molar-refractivity contribution in [3.8, 4) is 0 Å². The highest BCUT2D eigenvalue weighted by Gasteiger charge is 2.34. The first-order chi connectivity index (χ1) is 9.36. The Kier molecular flexibility index (Phi) is 5.25. The summed E-state index contributed by atoms with van der Waals surface area (Å²) in [5.41, 5.74) is -0.429. The highest BCUT2D eigenvalue weighted by Crippen LogP contribution is 2.33. The van der Waals surface area contributed by atoms with Crippen LogP contribution in [0.2, 0.25) is 0 Å². The van der Waals surface area contributed by atoms with Crippen molar-refractivity contribution in [3.05, 3.63) is 14.7 Å². The van der Waals surface area contributed by atoms with Crippen LogP contribution < -0.4 is 10.0 Å². The van der Waals surface area contributed by atoms with Crippen LogP contribution in [0.3, 0.4) is 0 Å². The smallest absolute Gasteiger partial charge is 0.243 e. The number of thiophene rings is 1. The summed E-state index contributed by atoms with van der Waals surface area (Å²) in [7, 11) is -1.68. The van der Waals surface area contributed by atoms with Crippen LogP contribution >= 0.6 is 27.3 Å². The molecule has 0 spiro atoms. The van der Waals surface area contributed by atoms with Crippen LogP contribution in [0.4, 0.5) is 0 Å². The molecule has 1 aliphatic rings. The lowest BCUT2D eigenvalue weighted by atomic mass is 9.94. The fraction of sp³-hybridized carbons (Fsp3) is 0.667. The molecular formula is C12H19BrN2O3S2. The van der Waals surface area contributed by atoms with Gasteiger partial charge in [-0.2, -0.15) is 0 Å². The Bertz CT molecular complexity index is 565. The molecule has 0 bridgehead atoms. The zero-order valence-electron chi connectivity index (χ0n) is 11.5. The van der Waals surface area contributed by atoms with E-state index in [2.05, 4.69) is 26.0 Å². The summed E-state index contributed by atoms with van der Waals surface area (Å²) in [5.74, 6) is 0. The molecule has 20 heavy (non-hydrogen) atoms. The normalized spacial score (nSPS) is 19.1. The molecule has 114 valence electrons. The van der Waals surface area contributed by atoms with Gasteiger partial charge in [0.05, 0.1) is 3.79 Å². The third-order valence-electron chi connectivity index (χ3n) is 3.32. The SMILES string of the molecule is CNCc1cc(S(=O)(=O)NC2(C)CCOCC2)c(Br)s1. The molecule has 0 aromatic carbocycles. The standard InChI is InChI=1S/C12H19BrN2O3S2/c1-12(3-5-18-6-4-12)15-20(16,17)10-7-9(8-14-2)19-11(10)13/h7,14-15H,3-6,8H2,1-2H3.